The SMILES string of the molecule is CCCCCCCCCCCCCCCCCC(=O)O[C@H](COC(=O)CCCCCCCCC(C)CC)COP(=O)(O)OC[C@@H](O)COP(=O)(O)OC[C@@H](COC(=O)CCCCCCCCCC)OC(=O)CCCCCCCCCCC. The minimum Gasteiger partial charge on any atom is -0.462 e. The zero-order chi connectivity index (χ0) is 60.6. The molecule has 0 saturated heterocycles. The Morgan fingerprint density at radius 1 is 0.341 bits per heavy atom. The van der Waals surface area contributed by atoms with Gasteiger partial charge in [0.1, 0.15) is 19.3 Å². The van der Waals surface area contributed by atoms with E-state index in [1.54, 1.807) is 0 Å². The first-order valence-corrected chi connectivity index (χ1v) is 36.2. The summed E-state index contributed by atoms with van der Waals surface area (Å²) in [5.41, 5.74) is 0. The molecule has 0 saturated carbocycles. The van der Waals surface area contributed by atoms with Crippen LogP contribution in [0.1, 0.15) is 317 Å². The van der Waals surface area contributed by atoms with Crippen LogP contribution in [0.4, 0.5) is 0 Å². The fourth-order valence-electron chi connectivity index (χ4n) is 9.37. The minimum absolute atomic E-state index is 0.105. The molecule has 0 aromatic rings. The van der Waals surface area contributed by atoms with Crippen molar-refractivity contribution in [2.75, 3.05) is 39.6 Å². The predicted molar refractivity (Wildman–Crippen MR) is 326 cm³/mol. The molecule has 19 heteroatoms. The summed E-state index contributed by atoms with van der Waals surface area (Å²) < 4.78 is 67.9. The summed E-state index contributed by atoms with van der Waals surface area (Å²) in [6.45, 7) is 7.11. The van der Waals surface area contributed by atoms with Crippen LogP contribution in [0, 0.1) is 5.92 Å². The van der Waals surface area contributed by atoms with Gasteiger partial charge >= 0.3 is 39.5 Å². The molecule has 0 spiro atoms. The highest BCUT2D eigenvalue weighted by Gasteiger charge is 2.30. The summed E-state index contributed by atoms with van der Waals surface area (Å²) in [5.74, 6) is -1.41. The summed E-state index contributed by atoms with van der Waals surface area (Å²) in [7, 11) is -9.88. The quantitative estimate of drug-likeness (QED) is 0.0222. The largest absolute Gasteiger partial charge is 0.472 e. The number of aliphatic hydroxyl groups excluding tert-OH is 1. The number of carbonyl (C=O) groups excluding carboxylic acids is 4. The van der Waals surface area contributed by atoms with Crippen molar-refractivity contribution in [1.29, 1.82) is 0 Å². The van der Waals surface area contributed by atoms with Gasteiger partial charge in [-0.1, -0.05) is 266 Å². The third-order valence-electron chi connectivity index (χ3n) is 14.9. The molecule has 6 atom stereocenters. The molecule has 0 amide bonds. The van der Waals surface area contributed by atoms with E-state index < -0.39 is 97.5 Å². The molecule has 0 radical (unpaired) electrons. The van der Waals surface area contributed by atoms with E-state index in [0.717, 1.165) is 109 Å². The normalized spacial score (nSPS) is 14.6. The molecular formula is C63H122O17P2. The maximum absolute atomic E-state index is 13.0. The van der Waals surface area contributed by atoms with E-state index in [4.69, 9.17) is 37.0 Å². The minimum atomic E-state index is -4.94. The average Bonchev–Trinajstić information content (AvgIpc) is 3.45. The Bertz CT molecular complexity index is 1600. The lowest BCUT2D eigenvalue weighted by molar-refractivity contribution is -0.161. The van der Waals surface area contributed by atoms with Gasteiger partial charge in [0.15, 0.2) is 12.2 Å². The van der Waals surface area contributed by atoms with Gasteiger partial charge < -0.3 is 33.8 Å². The van der Waals surface area contributed by atoms with Crippen molar-refractivity contribution in [3.05, 3.63) is 0 Å². The lowest BCUT2D eigenvalue weighted by atomic mass is 10.00. The number of phosphoric ester groups is 2. The number of hydrogen-bond donors (Lipinski definition) is 3. The second kappa shape index (κ2) is 56.8. The molecule has 3 unspecified atom stereocenters. The van der Waals surface area contributed by atoms with Crippen molar-refractivity contribution in [2.24, 2.45) is 5.92 Å². The number of unbranched alkanes of at least 4 members (excludes halogenated alkanes) is 34. The van der Waals surface area contributed by atoms with E-state index in [0.29, 0.717) is 25.7 Å². The van der Waals surface area contributed by atoms with E-state index >= 15 is 0 Å². The van der Waals surface area contributed by atoms with Crippen LogP contribution in [-0.2, 0) is 65.4 Å². The van der Waals surface area contributed by atoms with Gasteiger partial charge in [-0.05, 0) is 31.6 Å². The Hall–Kier alpha value is -1.94. The molecule has 82 heavy (non-hydrogen) atoms. The van der Waals surface area contributed by atoms with Crippen molar-refractivity contribution < 1.29 is 80.2 Å². The fourth-order valence-corrected chi connectivity index (χ4v) is 11.0. The van der Waals surface area contributed by atoms with Crippen LogP contribution in [0.25, 0.3) is 0 Å². The van der Waals surface area contributed by atoms with Crippen molar-refractivity contribution >= 4 is 39.5 Å². The number of esters is 4. The standard InChI is InChI=1S/C63H122O17P2/c1-6-10-13-16-19-22-23-24-25-26-27-29-32-39-44-49-63(68)80-59(53-74-61(66)47-42-37-34-33-35-40-45-56(5)9-4)55-78-82(71,72)76-51-57(64)50-75-81(69,70)77-54-58(52-73-60(65)46-41-36-30-21-18-15-12-8-3)79-62(67)48-43-38-31-28-20-17-14-11-7-2/h56-59,64H,6-55H2,1-5H3,(H,69,70)(H,71,72)/t56?,57-,58+,59+/m0/s1. The zero-order valence-electron chi connectivity index (χ0n) is 52.6. The molecule has 0 aliphatic heterocycles. The third-order valence-corrected chi connectivity index (χ3v) is 16.8. The monoisotopic (exact) mass is 1210 g/mol. The van der Waals surface area contributed by atoms with Crippen LogP contribution in [0.3, 0.4) is 0 Å². The number of phosphoric acid groups is 2. The van der Waals surface area contributed by atoms with E-state index in [1.165, 1.54) is 128 Å². The molecular weight excluding hydrogens is 1090 g/mol. The Labute approximate surface area is 498 Å². The molecule has 0 aromatic carbocycles. The lowest BCUT2D eigenvalue weighted by Gasteiger charge is -2.21. The summed E-state index contributed by atoms with van der Waals surface area (Å²) in [5, 5.41) is 10.5. The summed E-state index contributed by atoms with van der Waals surface area (Å²) in [6, 6.07) is 0. The first-order chi connectivity index (χ1) is 39.6. The Balaban J connectivity index is 5.21. The molecule has 0 heterocycles. The van der Waals surface area contributed by atoms with Crippen LogP contribution in [-0.4, -0.2) is 96.7 Å². The number of carbonyl (C=O) groups is 4. The van der Waals surface area contributed by atoms with Gasteiger partial charge in [-0.15, -0.1) is 0 Å². The first kappa shape index (κ1) is 80.1. The van der Waals surface area contributed by atoms with Crippen molar-refractivity contribution in [1.82, 2.24) is 0 Å². The number of aliphatic hydroxyl groups is 1. The summed E-state index contributed by atoms with van der Waals surface area (Å²) in [6.07, 6.45) is 40.4. The van der Waals surface area contributed by atoms with Crippen LogP contribution >= 0.6 is 15.6 Å². The lowest BCUT2D eigenvalue weighted by Crippen LogP contribution is -2.30. The average molecular weight is 1210 g/mol. The fraction of sp³-hybridized carbons (Fsp3) is 0.937. The maximum Gasteiger partial charge on any atom is 0.472 e. The molecule has 3 N–H and O–H groups in total. The first-order valence-electron chi connectivity index (χ1n) is 33.2. The predicted octanol–water partition coefficient (Wildman–Crippen LogP) is 17.4. The molecule has 0 rings (SSSR count). The molecule has 0 fully saturated rings. The zero-order valence-corrected chi connectivity index (χ0v) is 54.4. The summed E-state index contributed by atoms with van der Waals surface area (Å²) >= 11 is 0. The van der Waals surface area contributed by atoms with Gasteiger partial charge in [-0.2, -0.15) is 0 Å². The van der Waals surface area contributed by atoms with E-state index in [2.05, 4.69) is 34.6 Å². The van der Waals surface area contributed by atoms with E-state index in [-0.39, 0.29) is 25.7 Å². The maximum atomic E-state index is 13.0. The van der Waals surface area contributed by atoms with Crippen molar-refractivity contribution in [3.8, 4) is 0 Å². The van der Waals surface area contributed by atoms with Gasteiger partial charge in [0.05, 0.1) is 26.4 Å². The van der Waals surface area contributed by atoms with Crippen molar-refractivity contribution in [3.63, 3.8) is 0 Å². The number of ether oxygens (including phenoxy) is 4. The molecule has 17 nitrogen and oxygen atoms in total. The highest BCUT2D eigenvalue weighted by atomic mass is 31.2. The number of rotatable bonds is 63. The molecule has 0 bridgehead atoms. The van der Waals surface area contributed by atoms with E-state index in [1.807, 2.05) is 0 Å². The van der Waals surface area contributed by atoms with Crippen LogP contribution < -0.4 is 0 Å². The smallest absolute Gasteiger partial charge is 0.462 e. The molecule has 0 aliphatic carbocycles. The van der Waals surface area contributed by atoms with Gasteiger partial charge in [-0.3, -0.25) is 37.3 Å². The Morgan fingerprint density at radius 3 is 0.866 bits per heavy atom. The molecule has 0 aromatic heterocycles. The van der Waals surface area contributed by atoms with Crippen LogP contribution in [0.2, 0.25) is 0 Å². The van der Waals surface area contributed by atoms with Crippen molar-refractivity contribution in [2.45, 2.75) is 335 Å². The van der Waals surface area contributed by atoms with Gasteiger partial charge in [-0.25, -0.2) is 9.13 Å². The second-order valence-corrected chi connectivity index (χ2v) is 25.9. The van der Waals surface area contributed by atoms with Gasteiger partial charge in [0, 0.05) is 25.7 Å². The highest BCUT2D eigenvalue weighted by molar-refractivity contribution is 7.47. The van der Waals surface area contributed by atoms with Gasteiger partial charge in [0.25, 0.3) is 0 Å². The molecule has 486 valence electrons. The van der Waals surface area contributed by atoms with Crippen LogP contribution in [0.15, 0.2) is 0 Å². The van der Waals surface area contributed by atoms with E-state index in [9.17, 15) is 43.2 Å². The topological polar surface area (TPSA) is 237 Å². The van der Waals surface area contributed by atoms with Gasteiger partial charge in [0.2, 0.25) is 0 Å². The Morgan fingerprint density at radius 2 is 0.585 bits per heavy atom. The van der Waals surface area contributed by atoms with Crippen LogP contribution in [0.5, 0.6) is 0 Å². The highest BCUT2D eigenvalue weighted by Crippen LogP contribution is 2.45. The number of hydrogen-bond acceptors (Lipinski definition) is 15. The molecule has 0 aliphatic rings. The second-order valence-electron chi connectivity index (χ2n) is 23.0. The summed E-state index contributed by atoms with van der Waals surface area (Å²) in [4.78, 5) is 72.0. The Kier molecular flexibility index (Phi) is 55.5. The third kappa shape index (κ3) is 55.9.